The van der Waals surface area contributed by atoms with E-state index in [1.54, 1.807) is 0 Å². The molecular weight excluding hydrogens is 267 g/mol. The molecule has 0 amide bonds. The first-order chi connectivity index (χ1) is 10.0. The van der Waals surface area contributed by atoms with Gasteiger partial charge >= 0.3 is 0 Å². The van der Waals surface area contributed by atoms with E-state index in [0.717, 1.165) is 16.8 Å². The maximum absolute atomic E-state index is 13.3. The average Bonchev–Trinajstić information content (AvgIpc) is 2.91. The Balaban J connectivity index is 2.06. The number of nitrogens with one attached hydrogen (secondary N) is 1. The molecule has 1 aromatic heterocycles. The van der Waals surface area contributed by atoms with Crippen molar-refractivity contribution in [1.82, 2.24) is 10.2 Å². The van der Waals surface area contributed by atoms with Gasteiger partial charge in [0.1, 0.15) is 11.6 Å². The van der Waals surface area contributed by atoms with Gasteiger partial charge in [0.2, 0.25) is 0 Å². The standard InChI is InChI=1S/C17H15FN2O/c1-10-3-5-13(11(2)7-10)15-9-16(20-19-15)14-8-12(18)4-6-17(14)21/h3-9,21H,1-2H3,(H,19,20). The van der Waals surface area contributed by atoms with Crippen molar-refractivity contribution in [2.45, 2.75) is 13.8 Å². The van der Waals surface area contributed by atoms with Crippen molar-refractivity contribution in [2.24, 2.45) is 0 Å². The number of nitrogens with zero attached hydrogens (tertiary/aromatic N) is 1. The van der Waals surface area contributed by atoms with Gasteiger partial charge in [0.05, 0.1) is 11.4 Å². The highest BCUT2D eigenvalue weighted by atomic mass is 19.1. The summed E-state index contributed by atoms with van der Waals surface area (Å²) in [4.78, 5) is 0. The third-order valence-corrected chi connectivity index (χ3v) is 3.48. The Morgan fingerprint density at radius 3 is 2.57 bits per heavy atom. The SMILES string of the molecule is Cc1ccc(-c2cc(-c3cc(F)ccc3O)n[nH]2)c(C)c1. The number of aryl methyl sites for hydroxylation is 2. The lowest BCUT2D eigenvalue weighted by molar-refractivity contribution is 0.475. The second-order valence-electron chi connectivity index (χ2n) is 5.15. The minimum atomic E-state index is -0.404. The van der Waals surface area contributed by atoms with Crippen LogP contribution in [0.3, 0.4) is 0 Å². The van der Waals surface area contributed by atoms with Gasteiger partial charge in [0, 0.05) is 11.1 Å². The molecule has 21 heavy (non-hydrogen) atoms. The third kappa shape index (κ3) is 2.52. The van der Waals surface area contributed by atoms with Crippen molar-refractivity contribution < 1.29 is 9.50 Å². The molecular formula is C17H15FN2O. The lowest BCUT2D eigenvalue weighted by Gasteiger charge is -2.03. The van der Waals surface area contributed by atoms with Crippen LogP contribution in [0.2, 0.25) is 0 Å². The minimum absolute atomic E-state index is 0.00933. The van der Waals surface area contributed by atoms with Crippen LogP contribution in [-0.2, 0) is 0 Å². The number of aromatic amines is 1. The van der Waals surface area contributed by atoms with E-state index in [1.165, 1.54) is 23.8 Å². The summed E-state index contributed by atoms with van der Waals surface area (Å²) in [5, 5.41) is 17.0. The smallest absolute Gasteiger partial charge is 0.125 e. The minimum Gasteiger partial charge on any atom is -0.507 e. The summed E-state index contributed by atoms with van der Waals surface area (Å²) in [5.74, 6) is -0.394. The van der Waals surface area contributed by atoms with Gasteiger partial charge in [0.15, 0.2) is 0 Å². The van der Waals surface area contributed by atoms with Crippen molar-refractivity contribution in [1.29, 1.82) is 0 Å². The molecule has 0 fully saturated rings. The molecule has 0 saturated carbocycles. The fourth-order valence-corrected chi connectivity index (χ4v) is 2.43. The average molecular weight is 282 g/mol. The number of aromatic nitrogens is 2. The molecule has 0 bridgehead atoms. The van der Waals surface area contributed by atoms with Gasteiger partial charge in [-0.2, -0.15) is 5.10 Å². The number of phenolic OH excluding ortho intramolecular Hbond substituents is 1. The van der Waals surface area contributed by atoms with Crippen LogP contribution in [0.4, 0.5) is 4.39 Å². The van der Waals surface area contributed by atoms with Gasteiger partial charge < -0.3 is 5.11 Å². The summed E-state index contributed by atoms with van der Waals surface area (Å²) in [5.41, 5.74) is 5.10. The van der Waals surface area contributed by atoms with Crippen LogP contribution in [-0.4, -0.2) is 15.3 Å². The first-order valence-corrected chi connectivity index (χ1v) is 6.66. The van der Waals surface area contributed by atoms with Gasteiger partial charge in [-0.15, -0.1) is 0 Å². The molecule has 2 aromatic carbocycles. The van der Waals surface area contributed by atoms with Gasteiger partial charge in [-0.25, -0.2) is 4.39 Å². The fourth-order valence-electron chi connectivity index (χ4n) is 2.43. The zero-order chi connectivity index (χ0) is 15.0. The monoisotopic (exact) mass is 282 g/mol. The van der Waals surface area contributed by atoms with Gasteiger partial charge in [-0.3, -0.25) is 5.10 Å². The molecule has 1 heterocycles. The van der Waals surface area contributed by atoms with Crippen LogP contribution in [0.5, 0.6) is 5.75 Å². The maximum Gasteiger partial charge on any atom is 0.125 e. The van der Waals surface area contributed by atoms with Crippen molar-refractivity contribution in [3.63, 3.8) is 0 Å². The quantitative estimate of drug-likeness (QED) is 0.740. The molecule has 3 aromatic rings. The Bertz CT molecular complexity index is 808. The number of rotatable bonds is 2. The van der Waals surface area contributed by atoms with Crippen molar-refractivity contribution >= 4 is 0 Å². The second kappa shape index (κ2) is 5.05. The van der Waals surface area contributed by atoms with Crippen LogP contribution in [0.25, 0.3) is 22.5 Å². The summed E-state index contributed by atoms with van der Waals surface area (Å²) in [6, 6.07) is 11.8. The lowest BCUT2D eigenvalue weighted by atomic mass is 10.0. The Kier molecular flexibility index (Phi) is 3.22. The molecule has 106 valence electrons. The summed E-state index contributed by atoms with van der Waals surface area (Å²) >= 11 is 0. The Labute approximate surface area is 122 Å². The molecule has 0 aliphatic heterocycles. The summed E-state index contributed by atoms with van der Waals surface area (Å²) in [7, 11) is 0. The highest BCUT2D eigenvalue weighted by Crippen LogP contribution is 2.31. The fraction of sp³-hybridized carbons (Fsp3) is 0.118. The van der Waals surface area contributed by atoms with E-state index < -0.39 is 5.82 Å². The molecule has 0 unspecified atom stereocenters. The normalized spacial score (nSPS) is 10.8. The van der Waals surface area contributed by atoms with Gasteiger partial charge in [-0.05, 0) is 43.7 Å². The Hall–Kier alpha value is -2.62. The number of H-pyrrole nitrogens is 1. The molecule has 4 heteroatoms. The van der Waals surface area contributed by atoms with Crippen molar-refractivity contribution in [2.75, 3.05) is 0 Å². The summed E-state index contributed by atoms with van der Waals surface area (Å²) in [6.07, 6.45) is 0. The molecule has 0 saturated heterocycles. The van der Waals surface area contributed by atoms with Crippen molar-refractivity contribution in [3.8, 4) is 28.3 Å². The number of hydrogen-bond acceptors (Lipinski definition) is 2. The summed E-state index contributed by atoms with van der Waals surface area (Å²) in [6.45, 7) is 4.07. The zero-order valence-corrected chi connectivity index (χ0v) is 11.8. The van der Waals surface area contributed by atoms with E-state index in [2.05, 4.69) is 16.3 Å². The van der Waals surface area contributed by atoms with E-state index in [9.17, 15) is 9.50 Å². The van der Waals surface area contributed by atoms with Crippen LogP contribution in [0.15, 0.2) is 42.5 Å². The highest BCUT2D eigenvalue weighted by molar-refractivity contribution is 5.73. The van der Waals surface area contributed by atoms with Crippen LogP contribution in [0.1, 0.15) is 11.1 Å². The van der Waals surface area contributed by atoms with Crippen LogP contribution >= 0.6 is 0 Å². The molecule has 0 spiro atoms. The zero-order valence-electron chi connectivity index (χ0n) is 11.8. The topological polar surface area (TPSA) is 48.9 Å². The first-order valence-electron chi connectivity index (χ1n) is 6.66. The van der Waals surface area contributed by atoms with Crippen molar-refractivity contribution in [3.05, 3.63) is 59.4 Å². The van der Waals surface area contributed by atoms with E-state index in [-0.39, 0.29) is 5.75 Å². The van der Waals surface area contributed by atoms with Gasteiger partial charge in [-0.1, -0.05) is 23.8 Å². The predicted octanol–water partition coefficient (Wildman–Crippen LogP) is 4.21. The van der Waals surface area contributed by atoms with Gasteiger partial charge in [0.25, 0.3) is 0 Å². The number of benzene rings is 2. The molecule has 0 aliphatic rings. The predicted molar refractivity (Wildman–Crippen MR) is 80.6 cm³/mol. The number of halogens is 1. The number of aromatic hydroxyl groups is 1. The maximum atomic E-state index is 13.3. The molecule has 0 atom stereocenters. The van der Waals surface area contributed by atoms with Crippen LogP contribution < -0.4 is 0 Å². The third-order valence-electron chi connectivity index (χ3n) is 3.48. The molecule has 3 nitrogen and oxygen atoms in total. The largest absolute Gasteiger partial charge is 0.507 e. The number of phenols is 1. The van der Waals surface area contributed by atoms with E-state index in [4.69, 9.17) is 0 Å². The van der Waals surface area contributed by atoms with E-state index in [0.29, 0.717) is 11.3 Å². The molecule has 3 rings (SSSR count). The Morgan fingerprint density at radius 2 is 1.81 bits per heavy atom. The lowest BCUT2D eigenvalue weighted by Crippen LogP contribution is -1.84. The van der Waals surface area contributed by atoms with E-state index >= 15 is 0 Å². The first kappa shape index (κ1) is 13.4. The molecule has 0 aliphatic carbocycles. The Morgan fingerprint density at radius 1 is 1.00 bits per heavy atom. The van der Waals surface area contributed by atoms with E-state index in [1.807, 2.05) is 32.0 Å². The summed E-state index contributed by atoms with van der Waals surface area (Å²) < 4.78 is 13.3. The molecule has 0 radical (unpaired) electrons. The molecule has 2 N–H and O–H groups in total. The van der Waals surface area contributed by atoms with Crippen LogP contribution in [0, 0.1) is 19.7 Å². The highest BCUT2D eigenvalue weighted by Gasteiger charge is 2.12. The second-order valence-corrected chi connectivity index (χ2v) is 5.15. The number of hydrogen-bond donors (Lipinski definition) is 2.